The van der Waals surface area contributed by atoms with Crippen molar-refractivity contribution in [3.05, 3.63) is 47.5 Å². The highest BCUT2D eigenvalue weighted by molar-refractivity contribution is 5.91. The molecule has 33 heavy (non-hydrogen) atoms. The zero-order valence-electron chi connectivity index (χ0n) is 18.2. The number of nitrogens with one attached hydrogen (secondary N) is 1. The number of phenols is 4. The third-order valence-electron chi connectivity index (χ3n) is 3.97. The minimum absolute atomic E-state index is 0.0704. The number of aromatic hydroxyl groups is 4. The fourth-order valence-corrected chi connectivity index (χ4v) is 2.42. The normalized spacial score (nSPS) is 11.8. The number of hydrogen-bond acceptors (Lipinski definition) is 10. The summed E-state index contributed by atoms with van der Waals surface area (Å²) in [5.74, 6) is -3.71. The highest BCUT2D eigenvalue weighted by Gasteiger charge is 2.23. The van der Waals surface area contributed by atoms with Gasteiger partial charge in [0.25, 0.3) is 0 Å². The molecule has 1 atom stereocenters. The largest absolute Gasteiger partial charge is 0.504 e. The molecule has 178 valence electrons. The molecule has 11 nitrogen and oxygen atoms in total. The summed E-state index contributed by atoms with van der Waals surface area (Å²) in [6, 6.07) is 6.61. The molecule has 11 heteroatoms. The van der Waals surface area contributed by atoms with Crippen molar-refractivity contribution in [1.29, 1.82) is 0 Å². The van der Waals surface area contributed by atoms with Gasteiger partial charge in [0.15, 0.2) is 29.1 Å². The molecule has 0 aliphatic carbocycles. The van der Waals surface area contributed by atoms with Crippen molar-refractivity contribution >= 4 is 18.0 Å². The number of hydrogen-bond donors (Lipinski definition) is 5. The number of amides is 1. The van der Waals surface area contributed by atoms with Gasteiger partial charge < -0.3 is 40.0 Å². The van der Waals surface area contributed by atoms with E-state index in [0.717, 1.165) is 24.3 Å². The van der Waals surface area contributed by atoms with Crippen LogP contribution in [0.2, 0.25) is 0 Å². The summed E-state index contributed by atoms with van der Waals surface area (Å²) in [5.41, 5.74) is -0.936. The van der Waals surface area contributed by atoms with E-state index in [9.17, 15) is 34.8 Å². The molecule has 0 aromatic heterocycles. The van der Waals surface area contributed by atoms with Crippen LogP contribution in [-0.2, 0) is 14.2 Å². The maximum Gasteiger partial charge on any atom is 0.407 e. The molecule has 1 unspecified atom stereocenters. The molecule has 5 N–H and O–H groups in total. The number of carbonyl (C=O) groups excluding carboxylic acids is 3. The van der Waals surface area contributed by atoms with Gasteiger partial charge in [0, 0.05) is 0 Å². The summed E-state index contributed by atoms with van der Waals surface area (Å²) in [6.45, 7) is 4.23. The van der Waals surface area contributed by atoms with E-state index in [1.807, 2.05) is 0 Å². The van der Waals surface area contributed by atoms with E-state index < -0.39 is 59.3 Å². The van der Waals surface area contributed by atoms with Crippen LogP contribution in [0.25, 0.3) is 0 Å². The van der Waals surface area contributed by atoms with E-state index in [-0.39, 0.29) is 17.7 Å². The monoisotopic (exact) mass is 463 g/mol. The van der Waals surface area contributed by atoms with E-state index in [0.29, 0.717) is 0 Å². The SMILES string of the molecule is CC(C)(C)OC(=O)NCC(COC(=O)c1ccc(O)c(O)c1)OC(=O)c1ccc(O)c(O)c1. The molecule has 0 heterocycles. The Labute approximate surface area is 189 Å². The molecule has 2 rings (SSSR count). The first kappa shape index (κ1) is 25.1. The number of alkyl carbamates (subject to hydrolysis) is 1. The van der Waals surface area contributed by atoms with Crippen LogP contribution >= 0.6 is 0 Å². The Morgan fingerprint density at radius 2 is 1.36 bits per heavy atom. The minimum Gasteiger partial charge on any atom is -0.504 e. The Hall–Kier alpha value is -4.15. The zero-order valence-corrected chi connectivity index (χ0v) is 18.2. The van der Waals surface area contributed by atoms with Gasteiger partial charge in [-0.25, -0.2) is 14.4 Å². The molecular formula is C22H25NO10. The number of phenolic OH excluding ortho intramolecular Hbond substituents is 4. The molecule has 2 aromatic rings. The van der Waals surface area contributed by atoms with E-state index in [4.69, 9.17) is 14.2 Å². The summed E-state index contributed by atoms with van der Waals surface area (Å²) in [5, 5.41) is 40.2. The van der Waals surface area contributed by atoms with Gasteiger partial charge >= 0.3 is 18.0 Å². The van der Waals surface area contributed by atoms with Gasteiger partial charge in [-0.1, -0.05) is 0 Å². The number of rotatable bonds is 7. The first-order chi connectivity index (χ1) is 15.4. The number of esters is 2. The molecule has 0 saturated carbocycles. The van der Waals surface area contributed by atoms with Crippen LogP contribution in [0.15, 0.2) is 36.4 Å². The maximum absolute atomic E-state index is 12.4. The quantitative estimate of drug-likeness (QED) is 0.233. The molecule has 0 saturated heterocycles. The molecule has 2 aromatic carbocycles. The first-order valence-electron chi connectivity index (χ1n) is 9.74. The van der Waals surface area contributed by atoms with E-state index in [1.54, 1.807) is 20.8 Å². The average molecular weight is 463 g/mol. The van der Waals surface area contributed by atoms with Crippen LogP contribution in [0.3, 0.4) is 0 Å². The number of ether oxygens (including phenoxy) is 3. The lowest BCUT2D eigenvalue weighted by atomic mass is 10.2. The van der Waals surface area contributed by atoms with Gasteiger partial charge in [0.2, 0.25) is 0 Å². The number of carbonyl (C=O) groups is 3. The number of benzene rings is 2. The zero-order chi connectivity index (χ0) is 24.8. The standard InChI is InChI=1S/C22H25NO10/c1-22(2,3)33-21(30)23-10-14(32-20(29)13-5-7-16(25)18(27)9-13)11-31-19(28)12-4-6-15(24)17(26)8-12/h4-9,14,24-27H,10-11H2,1-3H3,(H,23,30). The molecule has 1 amide bonds. The van der Waals surface area contributed by atoms with Crippen molar-refractivity contribution < 1.29 is 49.0 Å². The molecular weight excluding hydrogens is 438 g/mol. The van der Waals surface area contributed by atoms with E-state index >= 15 is 0 Å². The Bertz CT molecular complexity index is 1030. The van der Waals surface area contributed by atoms with Crippen LogP contribution in [-0.4, -0.2) is 63.3 Å². The lowest BCUT2D eigenvalue weighted by Gasteiger charge is -2.22. The van der Waals surface area contributed by atoms with Crippen LogP contribution in [0, 0.1) is 0 Å². The maximum atomic E-state index is 12.4. The molecule has 0 fully saturated rings. The lowest BCUT2D eigenvalue weighted by molar-refractivity contribution is -0.00199. The first-order valence-corrected chi connectivity index (χ1v) is 9.74. The van der Waals surface area contributed by atoms with Crippen LogP contribution < -0.4 is 5.32 Å². The van der Waals surface area contributed by atoms with Crippen molar-refractivity contribution in [3.63, 3.8) is 0 Å². The second-order valence-electron chi connectivity index (χ2n) is 7.92. The average Bonchev–Trinajstić information content (AvgIpc) is 2.72. The summed E-state index contributed by atoms with van der Waals surface area (Å²) < 4.78 is 15.5. The molecule has 0 radical (unpaired) electrons. The fourth-order valence-electron chi connectivity index (χ4n) is 2.42. The summed E-state index contributed by atoms with van der Waals surface area (Å²) in [6.07, 6.45) is -1.95. The van der Waals surface area contributed by atoms with Gasteiger partial charge in [0.1, 0.15) is 12.2 Å². The van der Waals surface area contributed by atoms with Crippen LogP contribution in [0.1, 0.15) is 41.5 Å². The highest BCUT2D eigenvalue weighted by atomic mass is 16.6. The van der Waals surface area contributed by atoms with Gasteiger partial charge in [-0.3, -0.25) is 0 Å². The van der Waals surface area contributed by atoms with Crippen molar-refractivity contribution in [2.45, 2.75) is 32.5 Å². The Morgan fingerprint density at radius 3 is 1.85 bits per heavy atom. The van der Waals surface area contributed by atoms with Crippen LogP contribution in [0.5, 0.6) is 23.0 Å². The van der Waals surface area contributed by atoms with Crippen molar-refractivity contribution in [2.75, 3.05) is 13.2 Å². The molecule has 0 bridgehead atoms. The smallest absolute Gasteiger partial charge is 0.407 e. The third kappa shape index (κ3) is 7.80. The van der Waals surface area contributed by atoms with Gasteiger partial charge in [0.05, 0.1) is 17.7 Å². The Morgan fingerprint density at radius 1 is 0.848 bits per heavy atom. The molecule has 0 spiro atoms. The topological polar surface area (TPSA) is 172 Å². The van der Waals surface area contributed by atoms with Crippen molar-refractivity contribution in [3.8, 4) is 23.0 Å². The summed E-state index contributed by atoms with van der Waals surface area (Å²) in [7, 11) is 0. The highest BCUT2D eigenvalue weighted by Crippen LogP contribution is 2.26. The molecule has 0 aliphatic rings. The van der Waals surface area contributed by atoms with Gasteiger partial charge in [-0.2, -0.15) is 0 Å². The van der Waals surface area contributed by atoms with E-state index in [1.165, 1.54) is 12.1 Å². The fraction of sp³-hybridized carbons (Fsp3) is 0.318. The van der Waals surface area contributed by atoms with Gasteiger partial charge in [-0.15, -0.1) is 0 Å². The Kier molecular flexibility index (Phi) is 7.95. The molecule has 0 aliphatic heterocycles. The predicted octanol–water partition coefficient (Wildman–Crippen LogP) is 2.42. The van der Waals surface area contributed by atoms with Crippen molar-refractivity contribution in [1.82, 2.24) is 5.32 Å². The second kappa shape index (κ2) is 10.4. The summed E-state index contributed by atoms with van der Waals surface area (Å²) in [4.78, 5) is 36.6. The third-order valence-corrected chi connectivity index (χ3v) is 3.97. The van der Waals surface area contributed by atoms with E-state index in [2.05, 4.69) is 5.32 Å². The Balaban J connectivity index is 2.08. The predicted molar refractivity (Wildman–Crippen MR) is 113 cm³/mol. The van der Waals surface area contributed by atoms with Crippen molar-refractivity contribution in [2.24, 2.45) is 0 Å². The van der Waals surface area contributed by atoms with Crippen LogP contribution in [0.4, 0.5) is 4.79 Å². The summed E-state index contributed by atoms with van der Waals surface area (Å²) >= 11 is 0. The second-order valence-corrected chi connectivity index (χ2v) is 7.92. The minimum atomic E-state index is -1.16. The van der Waals surface area contributed by atoms with Gasteiger partial charge in [-0.05, 0) is 57.2 Å². The lowest BCUT2D eigenvalue weighted by Crippen LogP contribution is -2.40.